The van der Waals surface area contributed by atoms with Crippen LogP contribution in [-0.4, -0.2) is 44.0 Å². The fourth-order valence-electron chi connectivity index (χ4n) is 3.97. The Balaban J connectivity index is 1.45. The standard InChI is InChI=1S/C28H27F3N6O4/c1-27(11-20-15-37(2)17-35-20,36-25(38)19-13-32-16-33-14-19)26(39)34-12-18-4-6-21(7-5-18)41-24-9-8-22(40-3)10-23(24)28(29,30)31/h4-10,13-17H,11-12H2,1-3H3,(H,34,39)(H,36,38). The number of amides is 2. The average molecular weight is 569 g/mol. The van der Waals surface area contributed by atoms with E-state index >= 15 is 0 Å². The molecule has 0 bridgehead atoms. The molecule has 0 aliphatic rings. The molecule has 2 amide bonds. The molecule has 0 spiro atoms. The zero-order valence-electron chi connectivity index (χ0n) is 22.4. The maximum Gasteiger partial charge on any atom is 0.420 e. The van der Waals surface area contributed by atoms with E-state index in [0.29, 0.717) is 11.3 Å². The minimum atomic E-state index is -4.64. The monoisotopic (exact) mass is 568 g/mol. The number of halogens is 3. The number of imidazole rings is 1. The van der Waals surface area contributed by atoms with Crippen LogP contribution in [0.3, 0.4) is 0 Å². The van der Waals surface area contributed by atoms with E-state index in [2.05, 4.69) is 25.6 Å². The van der Waals surface area contributed by atoms with Gasteiger partial charge in [-0.05, 0) is 42.8 Å². The lowest BCUT2D eigenvalue weighted by Gasteiger charge is -2.29. The summed E-state index contributed by atoms with van der Waals surface area (Å²) in [5.41, 5.74) is -0.919. The summed E-state index contributed by atoms with van der Waals surface area (Å²) < 4.78 is 52.6. The van der Waals surface area contributed by atoms with Gasteiger partial charge < -0.3 is 24.7 Å². The number of aromatic nitrogens is 4. The van der Waals surface area contributed by atoms with Crippen LogP contribution in [0.2, 0.25) is 0 Å². The van der Waals surface area contributed by atoms with Crippen molar-refractivity contribution in [2.75, 3.05) is 7.11 Å². The SMILES string of the molecule is COc1ccc(Oc2ccc(CNC(=O)C(C)(Cc3cn(C)cn3)NC(=O)c3cncnc3)cc2)c(C(F)(F)F)c1. The quantitative estimate of drug-likeness (QED) is 0.296. The molecule has 13 heteroatoms. The van der Waals surface area contributed by atoms with Gasteiger partial charge in [-0.25, -0.2) is 15.0 Å². The molecule has 0 fully saturated rings. The normalized spacial score (nSPS) is 12.7. The molecule has 2 aromatic carbocycles. The highest BCUT2D eigenvalue weighted by Crippen LogP contribution is 2.40. The molecule has 4 aromatic rings. The Bertz CT molecular complexity index is 1510. The van der Waals surface area contributed by atoms with E-state index in [1.807, 2.05) is 0 Å². The first-order valence-electron chi connectivity index (χ1n) is 12.3. The van der Waals surface area contributed by atoms with Gasteiger partial charge in [0.15, 0.2) is 0 Å². The lowest BCUT2D eigenvalue weighted by Crippen LogP contribution is -2.58. The molecular formula is C28H27F3N6O4. The third-order valence-electron chi connectivity index (χ3n) is 6.10. The summed E-state index contributed by atoms with van der Waals surface area (Å²) >= 11 is 0. The smallest absolute Gasteiger partial charge is 0.420 e. The second-order valence-corrected chi connectivity index (χ2v) is 9.41. The van der Waals surface area contributed by atoms with Crippen molar-refractivity contribution in [3.05, 3.63) is 96.1 Å². The highest BCUT2D eigenvalue weighted by Gasteiger charge is 2.37. The molecule has 4 rings (SSSR count). The Kier molecular flexibility index (Phi) is 8.55. The van der Waals surface area contributed by atoms with Crippen LogP contribution in [0, 0.1) is 0 Å². The predicted molar refractivity (Wildman–Crippen MR) is 141 cm³/mol. The number of methoxy groups -OCH3 is 1. The van der Waals surface area contributed by atoms with Gasteiger partial charge in [0.25, 0.3) is 5.91 Å². The molecule has 2 aromatic heterocycles. The number of alkyl halides is 3. The maximum absolute atomic E-state index is 13.5. The molecule has 0 saturated carbocycles. The fourth-order valence-corrected chi connectivity index (χ4v) is 3.97. The number of nitrogens with one attached hydrogen (secondary N) is 2. The molecule has 2 N–H and O–H groups in total. The van der Waals surface area contributed by atoms with Crippen molar-refractivity contribution in [2.45, 2.75) is 31.6 Å². The molecule has 0 radical (unpaired) electrons. The van der Waals surface area contributed by atoms with Gasteiger partial charge in [-0.15, -0.1) is 0 Å². The minimum Gasteiger partial charge on any atom is -0.497 e. The van der Waals surface area contributed by atoms with Gasteiger partial charge in [-0.3, -0.25) is 9.59 Å². The summed E-state index contributed by atoms with van der Waals surface area (Å²) in [6, 6.07) is 9.65. The number of hydrogen-bond donors (Lipinski definition) is 2. The highest BCUT2D eigenvalue weighted by atomic mass is 19.4. The Morgan fingerprint density at radius 1 is 1.02 bits per heavy atom. The predicted octanol–water partition coefficient (Wildman–Crippen LogP) is 4.08. The van der Waals surface area contributed by atoms with E-state index in [1.165, 1.54) is 50.1 Å². The van der Waals surface area contributed by atoms with Crippen molar-refractivity contribution in [1.29, 1.82) is 0 Å². The minimum absolute atomic E-state index is 0.0547. The van der Waals surface area contributed by atoms with Gasteiger partial charge in [0.2, 0.25) is 5.91 Å². The summed E-state index contributed by atoms with van der Waals surface area (Å²) in [7, 11) is 3.07. The van der Waals surface area contributed by atoms with Gasteiger partial charge in [0.05, 0.1) is 24.7 Å². The Morgan fingerprint density at radius 3 is 2.32 bits per heavy atom. The van der Waals surface area contributed by atoms with E-state index in [9.17, 15) is 22.8 Å². The number of benzene rings is 2. The van der Waals surface area contributed by atoms with Gasteiger partial charge in [0, 0.05) is 38.6 Å². The molecular weight excluding hydrogens is 541 g/mol. The van der Waals surface area contributed by atoms with Crippen LogP contribution in [0.1, 0.15) is 34.1 Å². The average Bonchev–Trinajstić information content (AvgIpc) is 3.36. The van der Waals surface area contributed by atoms with Crippen LogP contribution >= 0.6 is 0 Å². The largest absolute Gasteiger partial charge is 0.497 e. The van der Waals surface area contributed by atoms with E-state index < -0.39 is 29.1 Å². The number of aryl methyl sites for hydroxylation is 1. The number of nitrogens with zero attached hydrogens (tertiary/aromatic N) is 4. The van der Waals surface area contributed by atoms with Crippen LogP contribution in [0.15, 0.2) is 73.7 Å². The van der Waals surface area contributed by atoms with Gasteiger partial charge in [-0.2, -0.15) is 13.2 Å². The van der Waals surface area contributed by atoms with Crippen LogP contribution < -0.4 is 20.1 Å². The lowest BCUT2D eigenvalue weighted by molar-refractivity contribution is -0.138. The van der Waals surface area contributed by atoms with E-state index in [-0.39, 0.29) is 35.8 Å². The molecule has 10 nitrogen and oxygen atoms in total. The second kappa shape index (κ2) is 12.1. The zero-order chi connectivity index (χ0) is 29.6. The van der Waals surface area contributed by atoms with Crippen LogP contribution in [0.25, 0.3) is 0 Å². The van der Waals surface area contributed by atoms with E-state index in [0.717, 1.165) is 6.07 Å². The van der Waals surface area contributed by atoms with Crippen molar-refractivity contribution in [3.63, 3.8) is 0 Å². The Hall–Kier alpha value is -4.94. The van der Waals surface area contributed by atoms with Crippen LogP contribution in [0.5, 0.6) is 17.2 Å². The molecule has 1 unspecified atom stereocenters. The van der Waals surface area contributed by atoms with Gasteiger partial charge in [0.1, 0.15) is 34.7 Å². The summed E-state index contributed by atoms with van der Waals surface area (Å²) in [6.45, 7) is 1.67. The van der Waals surface area contributed by atoms with Crippen LogP contribution in [-0.2, 0) is 31.0 Å². The summed E-state index contributed by atoms with van der Waals surface area (Å²) in [4.78, 5) is 38.2. The first kappa shape index (κ1) is 29.1. The van der Waals surface area contributed by atoms with Crippen molar-refractivity contribution in [1.82, 2.24) is 30.2 Å². The topological polar surface area (TPSA) is 120 Å². The number of carbonyl (C=O) groups is 2. The summed E-state index contributed by atoms with van der Waals surface area (Å²) in [6.07, 6.45) is 2.78. The number of hydrogen-bond acceptors (Lipinski definition) is 7. The second-order valence-electron chi connectivity index (χ2n) is 9.41. The molecule has 214 valence electrons. The molecule has 41 heavy (non-hydrogen) atoms. The third kappa shape index (κ3) is 7.38. The Labute approximate surface area is 233 Å². The number of rotatable bonds is 10. The molecule has 1 atom stereocenters. The fraction of sp³-hybridized carbons (Fsp3) is 0.250. The zero-order valence-corrected chi connectivity index (χ0v) is 22.4. The van der Waals surface area contributed by atoms with Crippen molar-refractivity contribution >= 4 is 11.8 Å². The lowest BCUT2D eigenvalue weighted by atomic mass is 9.94. The first-order valence-corrected chi connectivity index (χ1v) is 12.3. The van der Waals surface area contributed by atoms with E-state index in [1.54, 1.807) is 43.2 Å². The van der Waals surface area contributed by atoms with Crippen molar-refractivity contribution < 1.29 is 32.2 Å². The summed E-state index contributed by atoms with van der Waals surface area (Å²) in [5.74, 6) is -1.14. The van der Waals surface area contributed by atoms with Crippen molar-refractivity contribution in [2.24, 2.45) is 7.05 Å². The molecule has 0 aliphatic heterocycles. The van der Waals surface area contributed by atoms with Crippen LogP contribution in [0.4, 0.5) is 13.2 Å². The highest BCUT2D eigenvalue weighted by molar-refractivity contribution is 5.98. The first-order chi connectivity index (χ1) is 19.5. The van der Waals surface area contributed by atoms with Gasteiger partial charge >= 0.3 is 6.18 Å². The Morgan fingerprint density at radius 2 is 1.71 bits per heavy atom. The molecule has 0 saturated heterocycles. The molecule has 2 heterocycles. The number of ether oxygens (including phenoxy) is 2. The van der Waals surface area contributed by atoms with Crippen molar-refractivity contribution in [3.8, 4) is 17.2 Å². The van der Waals surface area contributed by atoms with Gasteiger partial charge in [-0.1, -0.05) is 12.1 Å². The third-order valence-corrected chi connectivity index (χ3v) is 6.10. The summed E-state index contributed by atoms with van der Waals surface area (Å²) in [5, 5.41) is 5.58. The molecule has 0 aliphatic carbocycles. The van der Waals surface area contributed by atoms with E-state index in [4.69, 9.17) is 9.47 Å². The maximum atomic E-state index is 13.5. The number of carbonyl (C=O) groups excluding carboxylic acids is 2.